The molecule has 25 heavy (non-hydrogen) atoms. The molecule has 0 aliphatic carbocycles. The van der Waals surface area contributed by atoms with E-state index in [1.807, 2.05) is 6.92 Å². The lowest BCUT2D eigenvalue weighted by Crippen LogP contribution is -2.29. The lowest BCUT2D eigenvalue weighted by molar-refractivity contribution is -0.146. The number of thiophene rings is 1. The van der Waals surface area contributed by atoms with Crippen LogP contribution in [0.2, 0.25) is 0 Å². The van der Waals surface area contributed by atoms with Crippen LogP contribution in [0.3, 0.4) is 0 Å². The van der Waals surface area contributed by atoms with E-state index < -0.39 is 12.0 Å². The molecule has 7 heteroatoms. The van der Waals surface area contributed by atoms with Gasteiger partial charge in [0, 0.05) is 10.4 Å². The number of hydrogen-bond donors (Lipinski definition) is 0. The molecule has 0 bridgehead atoms. The Labute approximate surface area is 147 Å². The second-order valence-electron chi connectivity index (χ2n) is 5.61. The lowest BCUT2D eigenvalue weighted by atomic mass is 10.0. The van der Waals surface area contributed by atoms with Crippen LogP contribution < -0.4 is 5.56 Å². The van der Waals surface area contributed by atoms with Crippen molar-refractivity contribution in [3.05, 3.63) is 51.6 Å². The third-order valence-corrected chi connectivity index (χ3v) is 5.00. The Hall–Kier alpha value is -2.54. The number of fused-ring (bicyclic) bond motifs is 1. The molecule has 0 saturated heterocycles. The number of halogens is 1. The van der Waals surface area contributed by atoms with E-state index >= 15 is 0 Å². The van der Waals surface area contributed by atoms with Gasteiger partial charge in [0.25, 0.3) is 5.56 Å². The van der Waals surface area contributed by atoms with Crippen LogP contribution in [-0.2, 0) is 9.53 Å². The Bertz CT molecular complexity index is 992. The predicted octanol–water partition coefficient (Wildman–Crippen LogP) is 3.70. The summed E-state index contributed by atoms with van der Waals surface area (Å²) in [4.78, 5) is 30.8. The largest absolute Gasteiger partial charge is 0.464 e. The highest BCUT2D eigenvalue weighted by molar-refractivity contribution is 7.19. The van der Waals surface area contributed by atoms with Gasteiger partial charge in [-0.3, -0.25) is 9.36 Å². The number of hydrogen-bond acceptors (Lipinski definition) is 5. The first kappa shape index (κ1) is 17.3. The van der Waals surface area contributed by atoms with E-state index in [-0.39, 0.29) is 18.0 Å². The molecule has 0 unspecified atom stereocenters. The van der Waals surface area contributed by atoms with Crippen molar-refractivity contribution in [2.75, 3.05) is 6.61 Å². The minimum Gasteiger partial charge on any atom is -0.464 e. The number of benzene rings is 1. The quantitative estimate of drug-likeness (QED) is 0.666. The molecular formula is C18H17FN2O3S. The summed E-state index contributed by atoms with van der Waals surface area (Å²) in [6, 6.07) is 5.21. The van der Waals surface area contributed by atoms with Crippen molar-refractivity contribution in [3.8, 4) is 11.1 Å². The molecule has 2 aromatic heterocycles. The normalized spacial score (nSPS) is 12.3. The number of esters is 1. The maximum Gasteiger partial charge on any atom is 0.328 e. The Kier molecular flexibility index (Phi) is 4.67. The van der Waals surface area contributed by atoms with Crippen molar-refractivity contribution in [2.45, 2.75) is 26.8 Å². The average Bonchev–Trinajstić information content (AvgIpc) is 2.92. The number of ether oxygens (including phenoxy) is 1. The zero-order valence-electron chi connectivity index (χ0n) is 14.1. The minimum absolute atomic E-state index is 0.242. The van der Waals surface area contributed by atoms with Crippen LogP contribution in [0.15, 0.2) is 35.4 Å². The molecule has 3 rings (SSSR count). The monoisotopic (exact) mass is 360 g/mol. The Morgan fingerprint density at radius 3 is 2.68 bits per heavy atom. The van der Waals surface area contributed by atoms with E-state index in [1.54, 1.807) is 26.0 Å². The summed E-state index contributed by atoms with van der Waals surface area (Å²) in [6.45, 7) is 5.45. The van der Waals surface area contributed by atoms with Gasteiger partial charge in [-0.1, -0.05) is 12.1 Å². The Morgan fingerprint density at radius 2 is 2.04 bits per heavy atom. The topological polar surface area (TPSA) is 61.2 Å². The van der Waals surface area contributed by atoms with Crippen molar-refractivity contribution in [1.29, 1.82) is 0 Å². The van der Waals surface area contributed by atoms with Crippen molar-refractivity contribution >= 4 is 27.5 Å². The van der Waals surface area contributed by atoms with Crippen LogP contribution in [0.25, 0.3) is 21.3 Å². The number of nitrogens with zero attached hydrogens (tertiary/aromatic N) is 2. The van der Waals surface area contributed by atoms with Gasteiger partial charge in [-0.2, -0.15) is 0 Å². The van der Waals surface area contributed by atoms with Gasteiger partial charge < -0.3 is 4.74 Å². The molecule has 0 aliphatic rings. The molecular weight excluding hydrogens is 343 g/mol. The third kappa shape index (κ3) is 3.07. The summed E-state index contributed by atoms with van der Waals surface area (Å²) in [5.41, 5.74) is 1.16. The van der Waals surface area contributed by atoms with Crippen molar-refractivity contribution in [1.82, 2.24) is 9.55 Å². The fourth-order valence-electron chi connectivity index (χ4n) is 2.73. The zero-order chi connectivity index (χ0) is 18.1. The van der Waals surface area contributed by atoms with E-state index in [9.17, 15) is 14.0 Å². The van der Waals surface area contributed by atoms with Gasteiger partial charge in [0.2, 0.25) is 0 Å². The highest BCUT2D eigenvalue weighted by atomic mass is 32.1. The van der Waals surface area contributed by atoms with Gasteiger partial charge >= 0.3 is 5.97 Å². The van der Waals surface area contributed by atoms with Crippen LogP contribution in [0.1, 0.15) is 24.8 Å². The van der Waals surface area contributed by atoms with Gasteiger partial charge in [-0.25, -0.2) is 14.2 Å². The second kappa shape index (κ2) is 6.76. The van der Waals surface area contributed by atoms with Gasteiger partial charge in [0.15, 0.2) is 0 Å². The van der Waals surface area contributed by atoms with Crippen LogP contribution in [0, 0.1) is 12.7 Å². The SMILES string of the molecule is CCOC(=O)[C@H](C)n1cnc2sc(C)c(-c3ccc(F)cc3)c2c1=O. The molecule has 0 radical (unpaired) electrons. The van der Waals surface area contributed by atoms with Gasteiger partial charge in [-0.15, -0.1) is 11.3 Å². The zero-order valence-corrected chi connectivity index (χ0v) is 14.9. The number of carbonyl (C=O) groups is 1. The second-order valence-corrected chi connectivity index (χ2v) is 6.81. The number of aryl methyl sites for hydroxylation is 1. The molecule has 0 saturated carbocycles. The first-order chi connectivity index (χ1) is 11.9. The summed E-state index contributed by atoms with van der Waals surface area (Å²) in [5, 5.41) is 0.438. The molecule has 1 aromatic carbocycles. The fourth-order valence-corrected chi connectivity index (χ4v) is 3.74. The standard InChI is InChI=1S/C18H17FN2O3S/c1-4-24-18(23)10(2)21-9-20-16-15(17(21)22)14(11(3)25-16)12-5-7-13(19)8-6-12/h5-10H,4H2,1-3H3/t10-/m0/s1. The molecule has 0 amide bonds. The number of aromatic nitrogens is 2. The van der Waals surface area contributed by atoms with Crippen LogP contribution in [-0.4, -0.2) is 22.1 Å². The molecule has 130 valence electrons. The summed E-state index contributed by atoms with van der Waals surface area (Å²) in [7, 11) is 0. The van der Waals surface area contributed by atoms with Crippen molar-refractivity contribution < 1.29 is 13.9 Å². The Balaban J connectivity index is 2.21. The molecule has 0 N–H and O–H groups in total. The van der Waals surface area contributed by atoms with E-state index in [0.29, 0.717) is 10.2 Å². The molecule has 0 aliphatic heterocycles. The summed E-state index contributed by atoms with van der Waals surface area (Å²) < 4.78 is 19.5. The average molecular weight is 360 g/mol. The molecule has 5 nitrogen and oxygen atoms in total. The lowest BCUT2D eigenvalue weighted by Gasteiger charge is -2.13. The fraction of sp³-hybridized carbons (Fsp3) is 0.278. The van der Waals surface area contributed by atoms with Gasteiger partial charge in [-0.05, 0) is 38.5 Å². The molecule has 0 spiro atoms. The summed E-state index contributed by atoms with van der Waals surface area (Å²) >= 11 is 1.40. The maximum absolute atomic E-state index is 13.2. The van der Waals surface area contributed by atoms with Gasteiger partial charge in [0.1, 0.15) is 16.7 Å². The number of carbonyl (C=O) groups excluding carboxylic acids is 1. The Morgan fingerprint density at radius 1 is 1.36 bits per heavy atom. The first-order valence-corrected chi connectivity index (χ1v) is 8.68. The maximum atomic E-state index is 13.2. The van der Waals surface area contributed by atoms with Crippen LogP contribution in [0.4, 0.5) is 4.39 Å². The van der Waals surface area contributed by atoms with Crippen molar-refractivity contribution in [2.24, 2.45) is 0 Å². The molecule has 0 fully saturated rings. The third-order valence-electron chi connectivity index (χ3n) is 3.99. The highest BCUT2D eigenvalue weighted by Crippen LogP contribution is 2.35. The molecule has 3 aromatic rings. The molecule has 2 heterocycles. The van der Waals surface area contributed by atoms with E-state index in [4.69, 9.17) is 4.74 Å². The smallest absolute Gasteiger partial charge is 0.328 e. The minimum atomic E-state index is -0.773. The van der Waals surface area contributed by atoms with Crippen molar-refractivity contribution in [3.63, 3.8) is 0 Å². The van der Waals surface area contributed by atoms with Crippen LogP contribution in [0.5, 0.6) is 0 Å². The molecule has 1 atom stereocenters. The van der Waals surface area contributed by atoms with E-state index in [2.05, 4.69) is 4.98 Å². The van der Waals surface area contributed by atoms with E-state index in [1.165, 1.54) is 34.4 Å². The van der Waals surface area contributed by atoms with Gasteiger partial charge in [0.05, 0.1) is 18.3 Å². The predicted molar refractivity (Wildman–Crippen MR) is 95.4 cm³/mol. The highest BCUT2D eigenvalue weighted by Gasteiger charge is 2.22. The van der Waals surface area contributed by atoms with Crippen LogP contribution >= 0.6 is 11.3 Å². The summed E-state index contributed by atoms with van der Waals surface area (Å²) in [6.07, 6.45) is 1.37. The number of rotatable bonds is 4. The van der Waals surface area contributed by atoms with E-state index in [0.717, 1.165) is 16.0 Å². The summed E-state index contributed by atoms with van der Waals surface area (Å²) in [5.74, 6) is -0.826. The first-order valence-electron chi connectivity index (χ1n) is 7.86.